The van der Waals surface area contributed by atoms with E-state index in [2.05, 4.69) is 72.0 Å². The lowest BCUT2D eigenvalue weighted by molar-refractivity contribution is 0.215. The van der Waals surface area contributed by atoms with Gasteiger partial charge in [0.2, 0.25) is 0 Å². The molecule has 0 radical (unpaired) electrons. The van der Waals surface area contributed by atoms with Crippen LogP contribution >= 0.6 is 0 Å². The van der Waals surface area contributed by atoms with Crippen molar-refractivity contribution < 1.29 is 14.2 Å². The fourth-order valence-electron chi connectivity index (χ4n) is 4.67. The molecule has 1 aliphatic rings. The molecule has 5 nitrogen and oxygen atoms in total. The fraction of sp³-hybridized carbons (Fsp3) is 0.407. The third-order valence-corrected chi connectivity index (χ3v) is 6.42. The van der Waals surface area contributed by atoms with Gasteiger partial charge in [-0.2, -0.15) is 0 Å². The lowest BCUT2D eigenvalue weighted by Crippen LogP contribution is -2.30. The van der Waals surface area contributed by atoms with Gasteiger partial charge in [0.05, 0.1) is 27.4 Å². The number of fused-ring (bicyclic) bond motifs is 1. The van der Waals surface area contributed by atoms with Crippen molar-refractivity contribution >= 4 is 0 Å². The van der Waals surface area contributed by atoms with E-state index in [9.17, 15) is 0 Å². The third-order valence-electron chi connectivity index (χ3n) is 6.42. The molecule has 1 atom stereocenters. The summed E-state index contributed by atoms with van der Waals surface area (Å²) < 4.78 is 19.4. The van der Waals surface area contributed by atoms with Crippen LogP contribution in [0.2, 0.25) is 0 Å². The monoisotopic (exact) mass is 434 g/mol. The first-order valence-electron chi connectivity index (χ1n) is 11.3. The van der Waals surface area contributed by atoms with Crippen LogP contribution in [0.1, 0.15) is 54.6 Å². The van der Waals surface area contributed by atoms with Crippen molar-refractivity contribution in [3.05, 3.63) is 77.1 Å². The molecule has 0 bridgehead atoms. The first kappa shape index (κ1) is 22.3. The van der Waals surface area contributed by atoms with Crippen molar-refractivity contribution in [2.24, 2.45) is 0 Å². The van der Waals surface area contributed by atoms with Gasteiger partial charge in [-0.15, -0.1) is 0 Å². The summed E-state index contributed by atoms with van der Waals surface area (Å²) in [6.45, 7) is 7.34. The normalized spacial score (nSPS) is 16.5. The molecule has 1 aromatic heterocycles. The summed E-state index contributed by atoms with van der Waals surface area (Å²) in [5.41, 5.74) is 5.05. The number of aromatic nitrogens is 1. The van der Waals surface area contributed by atoms with Gasteiger partial charge in [0.1, 0.15) is 5.75 Å². The Morgan fingerprint density at radius 2 is 1.56 bits per heavy atom. The van der Waals surface area contributed by atoms with Crippen molar-refractivity contribution in [3.8, 4) is 17.2 Å². The summed E-state index contributed by atoms with van der Waals surface area (Å²) in [6, 6.07) is 17.5. The Labute approximate surface area is 191 Å². The number of aryl methyl sites for hydroxylation is 1. The molecule has 0 fully saturated rings. The zero-order chi connectivity index (χ0) is 22.7. The Kier molecular flexibility index (Phi) is 6.75. The minimum Gasteiger partial charge on any atom is -0.496 e. The maximum absolute atomic E-state index is 5.84. The van der Waals surface area contributed by atoms with E-state index in [-0.39, 0.29) is 6.04 Å². The van der Waals surface area contributed by atoms with Gasteiger partial charge in [-0.05, 0) is 41.7 Å². The van der Waals surface area contributed by atoms with Gasteiger partial charge in [-0.1, -0.05) is 38.1 Å². The van der Waals surface area contributed by atoms with E-state index in [1.54, 1.807) is 21.3 Å². The average Bonchev–Trinajstić information content (AvgIpc) is 3.20. The first-order chi connectivity index (χ1) is 15.5. The number of hydrogen-bond acceptors (Lipinski definition) is 4. The van der Waals surface area contributed by atoms with Crippen molar-refractivity contribution in [2.75, 3.05) is 27.9 Å². The fourth-order valence-corrected chi connectivity index (χ4v) is 4.67. The highest BCUT2D eigenvalue weighted by molar-refractivity contribution is 5.53. The van der Waals surface area contributed by atoms with Crippen LogP contribution in [-0.2, 0) is 13.1 Å². The van der Waals surface area contributed by atoms with Gasteiger partial charge in [-0.3, -0.25) is 4.90 Å². The van der Waals surface area contributed by atoms with Crippen LogP contribution in [0.25, 0.3) is 0 Å². The largest absolute Gasteiger partial charge is 0.496 e. The van der Waals surface area contributed by atoms with Gasteiger partial charge in [0.25, 0.3) is 0 Å². The Hall–Kier alpha value is -2.92. The summed E-state index contributed by atoms with van der Waals surface area (Å²) in [6.07, 6.45) is 3.27. The van der Waals surface area contributed by atoms with Crippen LogP contribution in [0.4, 0.5) is 0 Å². The predicted octanol–water partition coefficient (Wildman–Crippen LogP) is 5.63. The van der Waals surface area contributed by atoms with Crippen molar-refractivity contribution in [1.29, 1.82) is 0 Å². The molecular weight excluding hydrogens is 400 g/mol. The molecule has 0 aliphatic carbocycles. The number of benzene rings is 2. The average molecular weight is 435 g/mol. The molecule has 3 aromatic rings. The molecule has 5 heteroatoms. The standard InChI is InChI=1S/C27H34N2O3/c1-19(2)21-11-9-20(10-12-21)18-29-15-7-14-28-13-6-8-23(28)27(29)22-16-25(31-4)26(32-5)17-24(22)30-3/h6,8-13,16-17,19,27H,7,14-15,18H2,1-5H3/t27-/m1/s1. The number of rotatable bonds is 7. The molecule has 0 saturated heterocycles. The van der Waals surface area contributed by atoms with Crippen LogP contribution in [0.5, 0.6) is 17.2 Å². The Morgan fingerprint density at radius 3 is 2.22 bits per heavy atom. The van der Waals surface area contributed by atoms with Gasteiger partial charge in [0.15, 0.2) is 11.5 Å². The van der Waals surface area contributed by atoms with Crippen molar-refractivity contribution in [2.45, 2.75) is 45.3 Å². The molecule has 0 saturated carbocycles. The Morgan fingerprint density at radius 1 is 0.875 bits per heavy atom. The van der Waals surface area contributed by atoms with Gasteiger partial charge < -0.3 is 18.8 Å². The Bertz CT molecular complexity index is 1040. The second-order valence-corrected chi connectivity index (χ2v) is 8.70. The maximum Gasteiger partial charge on any atom is 0.164 e. The first-order valence-corrected chi connectivity index (χ1v) is 11.3. The van der Waals surface area contributed by atoms with E-state index in [0.717, 1.165) is 37.4 Å². The maximum atomic E-state index is 5.84. The van der Waals surface area contributed by atoms with Gasteiger partial charge in [-0.25, -0.2) is 0 Å². The lowest BCUT2D eigenvalue weighted by Gasteiger charge is -2.32. The van der Waals surface area contributed by atoms with Gasteiger partial charge >= 0.3 is 0 Å². The van der Waals surface area contributed by atoms with Crippen LogP contribution in [0.15, 0.2) is 54.7 Å². The summed E-state index contributed by atoms with van der Waals surface area (Å²) in [4.78, 5) is 2.55. The SMILES string of the molecule is COc1cc(OC)c([C@@H]2c3cccn3CCCN2Cc2ccc(C(C)C)cc2)cc1OC. The molecule has 2 heterocycles. The lowest BCUT2D eigenvalue weighted by atomic mass is 9.98. The van der Waals surface area contributed by atoms with E-state index in [4.69, 9.17) is 14.2 Å². The quantitative estimate of drug-likeness (QED) is 0.483. The highest BCUT2D eigenvalue weighted by Gasteiger charge is 2.31. The molecule has 0 unspecified atom stereocenters. The number of hydrogen-bond donors (Lipinski definition) is 0. The number of nitrogens with zero attached hydrogens (tertiary/aromatic N) is 2. The molecule has 170 valence electrons. The summed E-state index contributed by atoms with van der Waals surface area (Å²) in [5, 5.41) is 0. The molecular formula is C27H34N2O3. The Balaban J connectivity index is 1.78. The molecule has 0 spiro atoms. The van der Waals surface area contributed by atoms with Crippen molar-refractivity contribution in [3.63, 3.8) is 0 Å². The number of ether oxygens (including phenoxy) is 3. The van der Waals surface area contributed by atoms with E-state index in [0.29, 0.717) is 17.4 Å². The molecule has 0 N–H and O–H groups in total. The van der Waals surface area contributed by atoms with Crippen LogP contribution in [0.3, 0.4) is 0 Å². The second kappa shape index (κ2) is 9.70. The third kappa shape index (κ3) is 4.35. The van der Waals surface area contributed by atoms with Crippen LogP contribution in [-0.4, -0.2) is 37.3 Å². The number of methoxy groups -OCH3 is 3. The topological polar surface area (TPSA) is 35.9 Å². The van der Waals surface area contributed by atoms with E-state index < -0.39 is 0 Å². The summed E-state index contributed by atoms with van der Waals surface area (Å²) >= 11 is 0. The van der Waals surface area contributed by atoms with E-state index in [1.165, 1.54) is 16.8 Å². The molecule has 1 aliphatic heterocycles. The molecule has 4 rings (SSSR count). The zero-order valence-electron chi connectivity index (χ0n) is 19.8. The highest BCUT2D eigenvalue weighted by Crippen LogP contribution is 2.43. The molecule has 32 heavy (non-hydrogen) atoms. The van der Waals surface area contributed by atoms with Crippen molar-refractivity contribution in [1.82, 2.24) is 9.47 Å². The second-order valence-electron chi connectivity index (χ2n) is 8.70. The van der Waals surface area contributed by atoms with Crippen LogP contribution in [0, 0.1) is 0 Å². The predicted molar refractivity (Wildman–Crippen MR) is 128 cm³/mol. The van der Waals surface area contributed by atoms with Gasteiger partial charge in [0, 0.05) is 43.2 Å². The van der Waals surface area contributed by atoms with Crippen LogP contribution < -0.4 is 14.2 Å². The highest BCUT2D eigenvalue weighted by atomic mass is 16.5. The van der Waals surface area contributed by atoms with E-state index in [1.807, 2.05) is 6.07 Å². The van der Waals surface area contributed by atoms with E-state index >= 15 is 0 Å². The minimum atomic E-state index is 0.0482. The smallest absolute Gasteiger partial charge is 0.164 e. The summed E-state index contributed by atoms with van der Waals surface area (Å²) in [5.74, 6) is 2.73. The molecule has 0 amide bonds. The summed E-state index contributed by atoms with van der Waals surface area (Å²) in [7, 11) is 5.05. The molecule has 2 aromatic carbocycles. The minimum absolute atomic E-state index is 0.0482. The zero-order valence-corrected chi connectivity index (χ0v) is 19.8.